The highest BCUT2D eigenvalue weighted by Gasteiger charge is 2.41. The van der Waals surface area contributed by atoms with E-state index in [-0.39, 0.29) is 30.5 Å². The smallest absolute Gasteiger partial charge is 0.403 e. The lowest BCUT2D eigenvalue weighted by Crippen LogP contribution is -2.47. The number of anilines is 1. The van der Waals surface area contributed by atoms with Gasteiger partial charge in [-0.15, -0.1) is 0 Å². The first kappa shape index (κ1) is 26.7. The van der Waals surface area contributed by atoms with Crippen LogP contribution in [-0.4, -0.2) is 43.3 Å². The van der Waals surface area contributed by atoms with E-state index < -0.39 is 18.2 Å². The highest BCUT2D eigenvalue weighted by Crippen LogP contribution is 2.35. The van der Waals surface area contributed by atoms with Gasteiger partial charge in [0, 0.05) is 23.2 Å². The summed E-state index contributed by atoms with van der Waals surface area (Å²) >= 11 is 0. The monoisotopic (exact) mass is 516 g/mol. The van der Waals surface area contributed by atoms with Crippen LogP contribution >= 0.6 is 0 Å². The third-order valence-corrected chi connectivity index (χ3v) is 7.14. The number of alkyl halides is 3. The number of halogens is 3. The minimum atomic E-state index is -4.27. The van der Waals surface area contributed by atoms with E-state index in [4.69, 9.17) is 9.15 Å². The zero-order valence-corrected chi connectivity index (χ0v) is 21.3. The molecule has 2 unspecified atom stereocenters. The van der Waals surface area contributed by atoms with Crippen molar-refractivity contribution in [1.29, 1.82) is 0 Å². The summed E-state index contributed by atoms with van der Waals surface area (Å²) in [6, 6.07) is 10.3. The van der Waals surface area contributed by atoms with Crippen LogP contribution in [0.25, 0.3) is 11.0 Å². The van der Waals surface area contributed by atoms with Crippen molar-refractivity contribution in [3.63, 3.8) is 0 Å². The molecule has 2 aromatic carbocycles. The summed E-state index contributed by atoms with van der Waals surface area (Å²) in [5.74, 6) is -0.125. The zero-order valence-electron chi connectivity index (χ0n) is 21.3. The Morgan fingerprint density at radius 2 is 1.81 bits per heavy atom. The molecule has 3 aromatic rings. The lowest BCUT2D eigenvalue weighted by Gasteiger charge is -2.36. The SMILES string of the molecule is COC(=O)c1ccccc1NC(C)c1cc(C)cc2c(=O)cc(C3CCN(C(C)C(F)(F)F)CC3)oc12. The van der Waals surface area contributed by atoms with Gasteiger partial charge in [0.2, 0.25) is 0 Å². The van der Waals surface area contributed by atoms with Gasteiger partial charge < -0.3 is 14.5 Å². The van der Waals surface area contributed by atoms with Crippen LogP contribution in [0, 0.1) is 6.92 Å². The quantitative estimate of drug-likeness (QED) is 0.394. The van der Waals surface area contributed by atoms with Crippen molar-refractivity contribution in [2.24, 2.45) is 0 Å². The summed E-state index contributed by atoms with van der Waals surface area (Å²) in [5, 5.41) is 3.78. The number of carbonyl (C=O) groups excluding carboxylic acids is 1. The predicted octanol–water partition coefficient (Wildman–Crippen LogP) is 6.19. The van der Waals surface area contributed by atoms with Gasteiger partial charge in [0.1, 0.15) is 17.4 Å². The minimum absolute atomic E-state index is 0.147. The number of nitrogens with one attached hydrogen (secondary N) is 1. The molecule has 0 amide bonds. The molecule has 0 saturated carbocycles. The summed E-state index contributed by atoms with van der Waals surface area (Å²) in [5.41, 5.74) is 2.85. The average molecular weight is 517 g/mol. The van der Waals surface area contributed by atoms with Gasteiger partial charge in [0.25, 0.3) is 0 Å². The van der Waals surface area contributed by atoms with Gasteiger partial charge in [-0.3, -0.25) is 9.69 Å². The molecule has 1 aromatic heterocycles. The van der Waals surface area contributed by atoms with Crippen LogP contribution < -0.4 is 10.7 Å². The number of piperidine rings is 1. The number of methoxy groups -OCH3 is 1. The molecule has 198 valence electrons. The number of ether oxygens (including phenoxy) is 1. The fourth-order valence-electron chi connectivity index (χ4n) is 4.96. The lowest BCUT2D eigenvalue weighted by molar-refractivity contribution is -0.181. The molecule has 4 rings (SSSR count). The molecule has 1 N–H and O–H groups in total. The molecule has 0 spiro atoms. The Kier molecular flexibility index (Phi) is 7.64. The number of aryl methyl sites for hydroxylation is 1. The van der Waals surface area contributed by atoms with Crippen molar-refractivity contribution in [2.75, 3.05) is 25.5 Å². The van der Waals surface area contributed by atoms with Crippen molar-refractivity contribution in [1.82, 2.24) is 4.90 Å². The number of carbonyl (C=O) groups is 1. The van der Waals surface area contributed by atoms with E-state index in [0.29, 0.717) is 40.8 Å². The second-order valence-corrected chi connectivity index (χ2v) is 9.67. The third kappa shape index (κ3) is 5.66. The first-order valence-corrected chi connectivity index (χ1v) is 12.3. The van der Waals surface area contributed by atoms with Gasteiger partial charge >= 0.3 is 12.1 Å². The van der Waals surface area contributed by atoms with Gasteiger partial charge in [-0.05, 0) is 70.5 Å². The van der Waals surface area contributed by atoms with Crippen molar-refractivity contribution < 1.29 is 27.1 Å². The fraction of sp³-hybridized carbons (Fsp3) is 0.429. The van der Waals surface area contributed by atoms with Crippen LogP contribution in [0.2, 0.25) is 0 Å². The van der Waals surface area contributed by atoms with E-state index >= 15 is 0 Å². The summed E-state index contributed by atoms with van der Waals surface area (Å²) in [4.78, 5) is 26.8. The Morgan fingerprint density at radius 1 is 1.14 bits per heavy atom. The summed E-state index contributed by atoms with van der Waals surface area (Å²) in [7, 11) is 1.32. The van der Waals surface area contributed by atoms with Crippen LogP contribution in [0.4, 0.5) is 18.9 Å². The number of esters is 1. The molecule has 0 bridgehead atoms. The number of likely N-dealkylation sites (tertiary alicyclic amines) is 1. The van der Waals surface area contributed by atoms with Gasteiger partial charge in [0.15, 0.2) is 5.43 Å². The number of hydrogen-bond acceptors (Lipinski definition) is 6. The van der Waals surface area contributed by atoms with E-state index in [1.54, 1.807) is 30.3 Å². The highest BCUT2D eigenvalue weighted by molar-refractivity contribution is 5.95. The minimum Gasteiger partial charge on any atom is -0.465 e. The Morgan fingerprint density at radius 3 is 2.46 bits per heavy atom. The maximum atomic E-state index is 13.1. The van der Waals surface area contributed by atoms with E-state index in [2.05, 4.69) is 5.32 Å². The van der Waals surface area contributed by atoms with E-state index in [1.165, 1.54) is 25.0 Å². The normalized spacial score (nSPS) is 16.9. The summed E-state index contributed by atoms with van der Waals surface area (Å²) < 4.78 is 50.6. The first-order chi connectivity index (χ1) is 17.5. The number of benzene rings is 2. The molecule has 1 aliphatic rings. The second kappa shape index (κ2) is 10.6. The van der Waals surface area contributed by atoms with Gasteiger partial charge in [-0.25, -0.2) is 4.79 Å². The van der Waals surface area contributed by atoms with Crippen molar-refractivity contribution in [3.05, 3.63) is 75.1 Å². The van der Waals surface area contributed by atoms with Gasteiger partial charge in [-0.2, -0.15) is 13.2 Å². The standard InChI is InChI=1S/C28H31F3N2O4/c1-16-13-21(17(2)32-23-8-6-5-7-20(23)27(35)36-4)26-22(14-16)24(34)15-25(37-26)19-9-11-33(12-10-19)18(3)28(29,30)31/h5-8,13-15,17-19,32H,9-12H2,1-4H3. The molecular weight excluding hydrogens is 485 g/mol. The number of rotatable bonds is 6. The Balaban J connectivity index is 1.65. The predicted molar refractivity (Wildman–Crippen MR) is 136 cm³/mol. The molecule has 2 heterocycles. The van der Waals surface area contributed by atoms with E-state index in [0.717, 1.165) is 11.1 Å². The molecule has 1 aliphatic heterocycles. The summed E-state index contributed by atoms with van der Waals surface area (Å²) in [6.07, 6.45) is -3.34. The number of hydrogen-bond donors (Lipinski definition) is 1. The third-order valence-electron chi connectivity index (χ3n) is 7.14. The molecule has 9 heteroatoms. The number of fused-ring (bicyclic) bond motifs is 1. The average Bonchev–Trinajstić information content (AvgIpc) is 2.87. The molecule has 2 atom stereocenters. The van der Waals surface area contributed by atoms with E-state index in [1.807, 2.05) is 19.9 Å². The topological polar surface area (TPSA) is 71.8 Å². The molecule has 0 aliphatic carbocycles. The molecule has 0 radical (unpaired) electrons. The molecule has 1 saturated heterocycles. The van der Waals surface area contributed by atoms with Crippen LogP contribution in [0.5, 0.6) is 0 Å². The molecule has 1 fully saturated rings. The maximum Gasteiger partial charge on any atom is 0.403 e. The largest absolute Gasteiger partial charge is 0.465 e. The van der Waals surface area contributed by atoms with Gasteiger partial charge in [0.05, 0.1) is 24.1 Å². The van der Waals surface area contributed by atoms with Crippen LogP contribution in [0.3, 0.4) is 0 Å². The van der Waals surface area contributed by atoms with Gasteiger partial charge in [-0.1, -0.05) is 18.2 Å². The van der Waals surface area contributed by atoms with Crippen LogP contribution in [0.1, 0.15) is 65.9 Å². The molecule has 37 heavy (non-hydrogen) atoms. The Hall–Kier alpha value is -3.33. The van der Waals surface area contributed by atoms with E-state index in [9.17, 15) is 22.8 Å². The van der Waals surface area contributed by atoms with Crippen molar-refractivity contribution in [3.8, 4) is 0 Å². The van der Waals surface area contributed by atoms with Crippen molar-refractivity contribution >= 4 is 22.6 Å². The highest BCUT2D eigenvalue weighted by atomic mass is 19.4. The Bertz CT molecular complexity index is 1340. The zero-order chi connectivity index (χ0) is 26.9. The summed E-state index contributed by atoms with van der Waals surface area (Å²) in [6.45, 7) is 5.53. The first-order valence-electron chi connectivity index (χ1n) is 12.3. The maximum absolute atomic E-state index is 13.1. The Labute approximate surface area is 213 Å². The number of para-hydroxylation sites is 1. The molecule has 6 nitrogen and oxygen atoms in total. The lowest BCUT2D eigenvalue weighted by atomic mass is 9.92. The second-order valence-electron chi connectivity index (χ2n) is 9.67. The molecular formula is C28H31F3N2O4. The van der Waals surface area contributed by atoms with Crippen LogP contribution in [-0.2, 0) is 4.74 Å². The number of nitrogens with zero attached hydrogens (tertiary/aromatic N) is 1. The fourth-order valence-corrected chi connectivity index (χ4v) is 4.96. The van der Waals surface area contributed by atoms with Crippen LogP contribution in [0.15, 0.2) is 51.7 Å². The van der Waals surface area contributed by atoms with Crippen molar-refractivity contribution in [2.45, 2.75) is 57.8 Å².